The van der Waals surface area contributed by atoms with Crippen LogP contribution in [0.3, 0.4) is 0 Å². The van der Waals surface area contributed by atoms with Gasteiger partial charge < -0.3 is 5.32 Å². The molecule has 5 heteroatoms. The van der Waals surface area contributed by atoms with Gasteiger partial charge in [0, 0.05) is 11.8 Å². The molecule has 2 rings (SSSR count). The highest BCUT2D eigenvalue weighted by molar-refractivity contribution is 7.99. The smallest absolute Gasteiger partial charge is 0.270 e. The number of nitrogens with zero attached hydrogens (tertiary/aromatic N) is 1. The molecule has 1 aromatic rings. The number of halogens is 1. The van der Waals surface area contributed by atoms with Gasteiger partial charge in [-0.3, -0.25) is 4.79 Å². The number of aromatic nitrogens is 1. The first kappa shape index (κ1) is 10.4. The summed E-state index contributed by atoms with van der Waals surface area (Å²) < 4.78 is 12.6. The molecular weight excluding hydrogens is 215 g/mol. The molecule has 1 amide bonds. The summed E-state index contributed by atoms with van der Waals surface area (Å²) in [6.07, 6.45) is 2.05. The number of amides is 1. The fraction of sp³-hybridized carbons (Fsp3) is 0.400. The van der Waals surface area contributed by atoms with Crippen LogP contribution in [-0.2, 0) is 0 Å². The third kappa shape index (κ3) is 2.68. The van der Waals surface area contributed by atoms with E-state index in [0.717, 1.165) is 24.1 Å². The molecule has 0 aliphatic carbocycles. The topological polar surface area (TPSA) is 42.0 Å². The Morgan fingerprint density at radius 1 is 1.60 bits per heavy atom. The lowest BCUT2D eigenvalue weighted by Gasteiger charge is -2.10. The highest BCUT2D eigenvalue weighted by Crippen LogP contribution is 2.17. The Balaban J connectivity index is 1.98. The Labute approximate surface area is 91.5 Å². The van der Waals surface area contributed by atoms with Gasteiger partial charge in [0.05, 0.1) is 6.20 Å². The average Bonchev–Trinajstić information content (AvgIpc) is 2.71. The van der Waals surface area contributed by atoms with Crippen LogP contribution in [-0.4, -0.2) is 28.4 Å². The van der Waals surface area contributed by atoms with Gasteiger partial charge in [-0.25, -0.2) is 9.37 Å². The molecule has 0 bridgehead atoms. The highest BCUT2D eigenvalue weighted by atomic mass is 32.2. The molecule has 0 radical (unpaired) electrons. The molecule has 1 fully saturated rings. The number of thioether (sulfide) groups is 1. The number of hydrogen-bond donors (Lipinski definition) is 1. The van der Waals surface area contributed by atoms with Crippen molar-refractivity contribution in [2.75, 3.05) is 11.5 Å². The van der Waals surface area contributed by atoms with Crippen LogP contribution in [0.1, 0.15) is 16.9 Å². The maximum atomic E-state index is 12.6. The Morgan fingerprint density at radius 2 is 2.47 bits per heavy atom. The molecule has 0 spiro atoms. The van der Waals surface area contributed by atoms with Crippen LogP contribution in [0.4, 0.5) is 4.39 Å². The van der Waals surface area contributed by atoms with Crippen molar-refractivity contribution >= 4 is 17.7 Å². The van der Waals surface area contributed by atoms with Crippen molar-refractivity contribution in [1.29, 1.82) is 0 Å². The van der Waals surface area contributed by atoms with Crippen molar-refractivity contribution in [2.24, 2.45) is 0 Å². The first-order chi connectivity index (χ1) is 7.25. The molecule has 80 valence electrons. The fourth-order valence-electron chi connectivity index (χ4n) is 1.42. The molecule has 1 aromatic heterocycles. The van der Waals surface area contributed by atoms with Crippen LogP contribution in [0.2, 0.25) is 0 Å². The molecule has 15 heavy (non-hydrogen) atoms. The van der Waals surface area contributed by atoms with Gasteiger partial charge in [-0.05, 0) is 24.3 Å². The highest BCUT2D eigenvalue weighted by Gasteiger charge is 2.18. The first-order valence-electron chi connectivity index (χ1n) is 4.76. The minimum absolute atomic E-state index is 0.220. The zero-order chi connectivity index (χ0) is 10.7. The lowest BCUT2D eigenvalue weighted by molar-refractivity contribution is 0.0936. The molecule has 2 heterocycles. The van der Waals surface area contributed by atoms with E-state index in [1.165, 1.54) is 12.1 Å². The largest absolute Gasteiger partial charge is 0.347 e. The van der Waals surface area contributed by atoms with E-state index >= 15 is 0 Å². The first-order valence-corrected chi connectivity index (χ1v) is 5.91. The van der Waals surface area contributed by atoms with E-state index in [-0.39, 0.29) is 17.6 Å². The fourth-order valence-corrected chi connectivity index (χ4v) is 2.57. The molecule has 3 nitrogen and oxygen atoms in total. The SMILES string of the molecule is O=C(N[C@H]1CCSC1)c1ccc(F)cn1. The number of hydrogen-bond acceptors (Lipinski definition) is 3. The van der Waals surface area contributed by atoms with Crippen molar-refractivity contribution in [1.82, 2.24) is 10.3 Å². The minimum atomic E-state index is -0.428. The number of carbonyl (C=O) groups is 1. The second kappa shape index (κ2) is 4.61. The lowest BCUT2D eigenvalue weighted by atomic mass is 10.2. The van der Waals surface area contributed by atoms with E-state index in [4.69, 9.17) is 0 Å². The van der Waals surface area contributed by atoms with Crippen molar-refractivity contribution < 1.29 is 9.18 Å². The Bertz CT molecular complexity index is 349. The number of pyridine rings is 1. The van der Waals surface area contributed by atoms with Crippen LogP contribution in [0.25, 0.3) is 0 Å². The Kier molecular flexibility index (Phi) is 3.20. The van der Waals surface area contributed by atoms with Crippen molar-refractivity contribution in [2.45, 2.75) is 12.5 Å². The zero-order valence-electron chi connectivity index (χ0n) is 8.07. The molecule has 1 aliphatic rings. The molecule has 1 saturated heterocycles. The number of nitrogens with one attached hydrogen (secondary N) is 1. The van der Waals surface area contributed by atoms with E-state index in [2.05, 4.69) is 10.3 Å². The summed E-state index contributed by atoms with van der Waals surface area (Å²) in [5, 5.41) is 2.87. The van der Waals surface area contributed by atoms with E-state index in [1.807, 2.05) is 11.8 Å². The van der Waals surface area contributed by atoms with Gasteiger partial charge in [-0.15, -0.1) is 0 Å². The molecular formula is C10H11FN2OS. The van der Waals surface area contributed by atoms with Crippen molar-refractivity contribution in [3.63, 3.8) is 0 Å². The molecule has 1 aliphatic heterocycles. The second-order valence-corrected chi connectivity index (χ2v) is 4.55. The van der Waals surface area contributed by atoms with Crippen molar-refractivity contribution in [3.05, 3.63) is 29.8 Å². The van der Waals surface area contributed by atoms with E-state index < -0.39 is 5.82 Å². The van der Waals surface area contributed by atoms with Crippen LogP contribution < -0.4 is 5.32 Å². The second-order valence-electron chi connectivity index (χ2n) is 3.40. The number of carbonyl (C=O) groups excluding carboxylic acids is 1. The van der Waals surface area contributed by atoms with Crippen LogP contribution >= 0.6 is 11.8 Å². The predicted octanol–water partition coefficient (Wildman–Crippen LogP) is 1.46. The van der Waals surface area contributed by atoms with Gasteiger partial charge in [0.15, 0.2) is 0 Å². The Morgan fingerprint density at radius 3 is 3.07 bits per heavy atom. The summed E-state index contributed by atoms with van der Waals surface area (Å²) >= 11 is 1.83. The maximum Gasteiger partial charge on any atom is 0.270 e. The van der Waals surface area contributed by atoms with Crippen molar-refractivity contribution in [3.8, 4) is 0 Å². The van der Waals surface area contributed by atoms with Gasteiger partial charge in [0.1, 0.15) is 11.5 Å². The quantitative estimate of drug-likeness (QED) is 0.830. The van der Waals surface area contributed by atoms with E-state index in [9.17, 15) is 9.18 Å². The molecule has 0 aromatic carbocycles. The summed E-state index contributed by atoms with van der Waals surface area (Å²) in [5.41, 5.74) is 0.272. The third-order valence-corrected chi connectivity index (χ3v) is 3.39. The summed E-state index contributed by atoms with van der Waals surface area (Å²) in [4.78, 5) is 15.3. The monoisotopic (exact) mass is 226 g/mol. The predicted molar refractivity (Wildman–Crippen MR) is 57.4 cm³/mol. The molecule has 1 atom stereocenters. The van der Waals surface area contributed by atoms with Gasteiger partial charge in [-0.2, -0.15) is 11.8 Å². The Hall–Kier alpha value is -1.10. The van der Waals surface area contributed by atoms with Gasteiger partial charge in [-0.1, -0.05) is 0 Å². The van der Waals surface area contributed by atoms with Gasteiger partial charge in [0.2, 0.25) is 0 Å². The minimum Gasteiger partial charge on any atom is -0.347 e. The van der Waals surface area contributed by atoms with Crippen LogP contribution in [0.15, 0.2) is 18.3 Å². The van der Waals surface area contributed by atoms with E-state index in [0.29, 0.717) is 0 Å². The average molecular weight is 226 g/mol. The summed E-state index contributed by atoms with van der Waals surface area (Å²) in [5.74, 6) is 1.39. The standard InChI is InChI=1S/C10H11FN2OS/c11-7-1-2-9(12-5-7)10(14)13-8-3-4-15-6-8/h1-2,5,8H,3-4,6H2,(H,13,14)/t8-/m0/s1. The summed E-state index contributed by atoms with van der Waals surface area (Å²) in [7, 11) is 0. The zero-order valence-corrected chi connectivity index (χ0v) is 8.89. The summed E-state index contributed by atoms with van der Waals surface area (Å²) in [6, 6.07) is 2.87. The van der Waals surface area contributed by atoms with Gasteiger partial charge >= 0.3 is 0 Å². The molecule has 0 saturated carbocycles. The van der Waals surface area contributed by atoms with Gasteiger partial charge in [0.25, 0.3) is 5.91 Å². The maximum absolute atomic E-state index is 12.6. The van der Waals surface area contributed by atoms with E-state index in [1.54, 1.807) is 0 Å². The number of rotatable bonds is 2. The van der Waals surface area contributed by atoms with Crippen LogP contribution in [0.5, 0.6) is 0 Å². The summed E-state index contributed by atoms with van der Waals surface area (Å²) in [6.45, 7) is 0. The molecule has 1 N–H and O–H groups in total. The normalized spacial score (nSPS) is 20.2. The molecule has 0 unspecified atom stereocenters. The van der Waals surface area contributed by atoms with Crippen LogP contribution in [0, 0.1) is 5.82 Å². The third-order valence-electron chi connectivity index (χ3n) is 2.22. The lowest BCUT2D eigenvalue weighted by Crippen LogP contribution is -2.35.